The number of benzene rings is 3. The molecule has 194 valence electrons. The summed E-state index contributed by atoms with van der Waals surface area (Å²) in [6, 6.07) is 19.4. The van der Waals surface area contributed by atoms with Crippen molar-refractivity contribution in [3.05, 3.63) is 101 Å². The van der Waals surface area contributed by atoms with Gasteiger partial charge in [0.15, 0.2) is 11.6 Å². The molecule has 1 aliphatic heterocycles. The number of carbonyl (C=O) groups is 2. The number of hydrogen-bond donors (Lipinski definition) is 1. The van der Waals surface area contributed by atoms with Crippen LogP contribution in [0, 0.1) is 11.6 Å². The fourth-order valence-electron chi connectivity index (χ4n) is 4.30. The molecule has 1 N–H and O–H groups in total. The van der Waals surface area contributed by atoms with Crippen molar-refractivity contribution in [2.75, 3.05) is 26.2 Å². The fraction of sp³-hybridized carbons (Fsp3) is 0.259. The molecule has 1 fully saturated rings. The number of hydrogen-bond acceptors (Lipinski definition) is 4. The van der Waals surface area contributed by atoms with Crippen molar-refractivity contribution in [1.82, 2.24) is 15.1 Å². The Balaban J connectivity index is 1.47. The van der Waals surface area contributed by atoms with Gasteiger partial charge in [-0.3, -0.25) is 14.5 Å². The highest BCUT2D eigenvalue weighted by molar-refractivity contribution is 5.95. The van der Waals surface area contributed by atoms with E-state index in [1.165, 1.54) is 4.90 Å². The summed E-state index contributed by atoms with van der Waals surface area (Å²) in [5.74, 6) is -4.75. The van der Waals surface area contributed by atoms with Gasteiger partial charge in [-0.05, 0) is 23.3 Å². The van der Waals surface area contributed by atoms with Gasteiger partial charge in [-0.1, -0.05) is 60.7 Å². The van der Waals surface area contributed by atoms with E-state index in [1.54, 1.807) is 0 Å². The Morgan fingerprint density at radius 3 is 2.11 bits per heavy atom. The number of ether oxygens (including phenoxy) is 1. The molecule has 0 spiro atoms. The summed E-state index contributed by atoms with van der Waals surface area (Å²) in [4.78, 5) is 29.3. The van der Waals surface area contributed by atoms with Crippen molar-refractivity contribution < 1.29 is 31.9 Å². The Morgan fingerprint density at radius 1 is 0.865 bits per heavy atom. The highest BCUT2D eigenvalue weighted by Gasteiger charge is 2.34. The molecule has 4 rings (SSSR count). The van der Waals surface area contributed by atoms with Crippen LogP contribution < -0.4 is 10.1 Å². The largest absolute Gasteiger partial charge is 0.432 e. The van der Waals surface area contributed by atoms with E-state index in [9.17, 15) is 27.2 Å². The molecule has 0 aliphatic carbocycles. The van der Waals surface area contributed by atoms with Crippen molar-refractivity contribution >= 4 is 11.8 Å². The highest BCUT2D eigenvalue weighted by atomic mass is 19.3. The lowest BCUT2D eigenvalue weighted by molar-refractivity contribution is -0.127. The maximum atomic E-state index is 14.6. The molecule has 0 bridgehead atoms. The summed E-state index contributed by atoms with van der Waals surface area (Å²) in [5, 5.41) is 2.96. The van der Waals surface area contributed by atoms with Crippen LogP contribution in [0.15, 0.2) is 72.8 Å². The predicted molar refractivity (Wildman–Crippen MR) is 128 cm³/mol. The van der Waals surface area contributed by atoms with Gasteiger partial charge < -0.3 is 15.0 Å². The first-order valence-corrected chi connectivity index (χ1v) is 11.7. The Morgan fingerprint density at radius 2 is 1.49 bits per heavy atom. The maximum absolute atomic E-state index is 14.6. The molecule has 1 saturated heterocycles. The molecule has 6 nitrogen and oxygen atoms in total. The van der Waals surface area contributed by atoms with Gasteiger partial charge in [-0.25, -0.2) is 8.78 Å². The van der Waals surface area contributed by atoms with Gasteiger partial charge in [0.1, 0.15) is 17.4 Å². The van der Waals surface area contributed by atoms with E-state index < -0.39 is 41.5 Å². The SMILES string of the molecule is O=C(NCc1ccccc1)C(c1ccccc1)N1CCN(C(=O)c2c(F)ccc(OC(F)F)c2F)CC1. The van der Waals surface area contributed by atoms with Crippen LogP contribution in [0.2, 0.25) is 0 Å². The molecule has 1 unspecified atom stereocenters. The van der Waals surface area contributed by atoms with Gasteiger partial charge in [0.25, 0.3) is 5.91 Å². The average Bonchev–Trinajstić information content (AvgIpc) is 2.91. The Kier molecular flexibility index (Phi) is 8.39. The number of amides is 2. The smallest absolute Gasteiger partial charge is 0.387 e. The molecular weight excluding hydrogens is 490 g/mol. The van der Waals surface area contributed by atoms with Crippen LogP contribution in [0.25, 0.3) is 0 Å². The summed E-state index contributed by atoms with van der Waals surface area (Å²) in [7, 11) is 0. The molecule has 1 aliphatic rings. The number of nitrogens with one attached hydrogen (secondary N) is 1. The van der Waals surface area contributed by atoms with E-state index in [0.717, 1.165) is 11.1 Å². The zero-order valence-corrected chi connectivity index (χ0v) is 19.7. The summed E-state index contributed by atoms with van der Waals surface area (Å²) >= 11 is 0. The average molecular weight is 516 g/mol. The second-order valence-corrected chi connectivity index (χ2v) is 8.46. The van der Waals surface area contributed by atoms with Gasteiger partial charge in [0.2, 0.25) is 5.91 Å². The maximum Gasteiger partial charge on any atom is 0.387 e. The number of piperazine rings is 1. The first-order valence-electron chi connectivity index (χ1n) is 11.7. The van der Waals surface area contributed by atoms with Crippen LogP contribution in [0.4, 0.5) is 17.6 Å². The Hall–Kier alpha value is -3.92. The molecule has 3 aromatic carbocycles. The zero-order valence-electron chi connectivity index (χ0n) is 19.7. The predicted octanol–water partition coefficient (Wildman–Crippen LogP) is 4.38. The number of carbonyl (C=O) groups excluding carboxylic acids is 2. The van der Waals surface area contributed by atoms with Crippen molar-refractivity contribution in [1.29, 1.82) is 0 Å². The van der Waals surface area contributed by atoms with Crippen molar-refractivity contribution in [3.63, 3.8) is 0 Å². The van der Waals surface area contributed by atoms with Crippen LogP contribution in [0.3, 0.4) is 0 Å². The monoisotopic (exact) mass is 515 g/mol. The molecular formula is C27H25F4N3O3. The van der Waals surface area contributed by atoms with E-state index in [2.05, 4.69) is 10.1 Å². The van der Waals surface area contributed by atoms with Gasteiger partial charge in [-0.15, -0.1) is 0 Å². The van der Waals surface area contributed by atoms with Gasteiger partial charge in [-0.2, -0.15) is 8.78 Å². The number of alkyl halides is 2. The van der Waals surface area contributed by atoms with Crippen LogP contribution >= 0.6 is 0 Å². The molecule has 2 amide bonds. The van der Waals surface area contributed by atoms with E-state index in [0.29, 0.717) is 18.7 Å². The molecule has 0 saturated carbocycles. The van der Waals surface area contributed by atoms with Crippen LogP contribution in [-0.2, 0) is 11.3 Å². The quantitative estimate of drug-likeness (QED) is 0.453. The molecule has 0 aromatic heterocycles. The third-order valence-corrected chi connectivity index (χ3v) is 6.13. The van der Waals surface area contributed by atoms with Gasteiger partial charge in [0, 0.05) is 32.7 Å². The molecule has 1 heterocycles. The molecule has 37 heavy (non-hydrogen) atoms. The van der Waals surface area contributed by atoms with Crippen molar-refractivity contribution in [3.8, 4) is 5.75 Å². The topological polar surface area (TPSA) is 61.9 Å². The van der Waals surface area contributed by atoms with Crippen molar-refractivity contribution in [2.45, 2.75) is 19.2 Å². The minimum atomic E-state index is -3.32. The molecule has 1 atom stereocenters. The first kappa shape index (κ1) is 26.2. The van der Waals surface area contributed by atoms with Gasteiger partial charge in [0.05, 0.1) is 0 Å². The highest BCUT2D eigenvalue weighted by Crippen LogP contribution is 2.28. The normalized spacial score (nSPS) is 14.9. The van der Waals surface area contributed by atoms with Gasteiger partial charge >= 0.3 is 6.61 Å². The third kappa shape index (κ3) is 6.26. The third-order valence-electron chi connectivity index (χ3n) is 6.13. The summed E-state index contributed by atoms with van der Waals surface area (Å²) in [6.07, 6.45) is 0. The van der Waals surface area contributed by atoms with E-state index >= 15 is 0 Å². The second-order valence-electron chi connectivity index (χ2n) is 8.46. The summed E-state index contributed by atoms with van der Waals surface area (Å²) in [5.41, 5.74) is 0.758. The first-order chi connectivity index (χ1) is 17.8. The van der Waals surface area contributed by atoms with E-state index in [4.69, 9.17) is 0 Å². The summed E-state index contributed by atoms with van der Waals surface area (Å²) in [6.45, 7) is -2.33. The standard InChI is InChI=1S/C27H25F4N3O3/c28-20-11-12-21(37-27(30)31)23(29)22(20)26(36)34-15-13-33(14-16-34)24(19-9-5-2-6-10-19)25(35)32-17-18-7-3-1-4-8-18/h1-12,24,27H,13-17H2,(H,32,35). The number of rotatable bonds is 8. The minimum absolute atomic E-state index is 0.0763. The van der Waals surface area contributed by atoms with E-state index in [-0.39, 0.29) is 32.1 Å². The Labute approximate surface area is 211 Å². The second kappa shape index (κ2) is 11.9. The van der Waals surface area contributed by atoms with Crippen LogP contribution in [0.1, 0.15) is 27.5 Å². The molecule has 0 radical (unpaired) electrons. The number of halogens is 4. The minimum Gasteiger partial charge on any atom is -0.432 e. The van der Waals surface area contributed by atoms with E-state index in [1.807, 2.05) is 65.6 Å². The molecule has 3 aromatic rings. The lowest BCUT2D eigenvalue weighted by Crippen LogP contribution is -2.52. The van der Waals surface area contributed by atoms with Crippen molar-refractivity contribution in [2.24, 2.45) is 0 Å². The fourth-order valence-corrected chi connectivity index (χ4v) is 4.30. The van der Waals surface area contributed by atoms with Crippen LogP contribution in [0.5, 0.6) is 5.75 Å². The lowest BCUT2D eigenvalue weighted by atomic mass is 10.0. The lowest BCUT2D eigenvalue weighted by Gasteiger charge is -2.39. The molecule has 10 heteroatoms. The Bertz CT molecular complexity index is 1220. The zero-order chi connectivity index (χ0) is 26.4. The number of nitrogens with zero attached hydrogens (tertiary/aromatic N) is 2. The summed E-state index contributed by atoms with van der Waals surface area (Å²) < 4.78 is 58.1. The van der Waals surface area contributed by atoms with Crippen LogP contribution in [-0.4, -0.2) is 54.4 Å².